The van der Waals surface area contributed by atoms with Crippen molar-refractivity contribution in [2.24, 2.45) is 5.10 Å². The molecule has 1 aliphatic heterocycles. The summed E-state index contributed by atoms with van der Waals surface area (Å²) in [5, 5.41) is 4.13. The SMILES string of the molecule is COc1ccc(OCC(=O)N/N=C(/C)c2cccc(N3CCCC3=O)c2)cc1. The molecule has 7 heteroatoms. The predicted octanol–water partition coefficient (Wildman–Crippen LogP) is 2.74. The summed E-state index contributed by atoms with van der Waals surface area (Å²) in [4.78, 5) is 25.7. The summed E-state index contributed by atoms with van der Waals surface area (Å²) in [5.74, 6) is 1.06. The van der Waals surface area contributed by atoms with Gasteiger partial charge in [0.15, 0.2) is 6.61 Å². The van der Waals surface area contributed by atoms with E-state index in [2.05, 4.69) is 10.5 Å². The lowest BCUT2D eigenvalue weighted by molar-refractivity contribution is -0.123. The Bertz CT molecular complexity index is 877. The van der Waals surface area contributed by atoms with Crippen LogP contribution in [0, 0.1) is 0 Å². The van der Waals surface area contributed by atoms with Crippen LogP contribution in [-0.4, -0.2) is 37.8 Å². The number of carbonyl (C=O) groups is 2. The van der Waals surface area contributed by atoms with Gasteiger partial charge in [-0.15, -0.1) is 0 Å². The van der Waals surface area contributed by atoms with Crippen LogP contribution in [0.1, 0.15) is 25.3 Å². The van der Waals surface area contributed by atoms with E-state index in [9.17, 15) is 9.59 Å². The Hall–Kier alpha value is -3.35. The molecule has 2 amide bonds. The molecule has 1 N–H and O–H groups in total. The molecular formula is C21H23N3O4. The minimum atomic E-state index is -0.360. The van der Waals surface area contributed by atoms with Crippen LogP contribution in [0.2, 0.25) is 0 Å². The third kappa shape index (κ3) is 4.88. The fourth-order valence-corrected chi connectivity index (χ4v) is 2.88. The number of amides is 2. The molecule has 7 nitrogen and oxygen atoms in total. The van der Waals surface area contributed by atoms with Gasteiger partial charge in [0.25, 0.3) is 5.91 Å². The Labute approximate surface area is 163 Å². The summed E-state index contributed by atoms with van der Waals surface area (Å²) in [6.07, 6.45) is 1.46. The highest BCUT2D eigenvalue weighted by atomic mass is 16.5. The normalized spacial score (nSPS) is 14.1. The number of carbonyl (C=O) groups excluding carboxylic acids is 2. The van der Waals surface area contributed by atoms with Crippen LogP contribution in [0.4, 0.5) is 5.69 Å². The van der Waals surface area contributed by atoms with Crippen molar-refractivity contribution in [3.8, 4) is 11.5 Å². The molecule has 0 unspecified atom stereocenters. The van der Waals surface area contributed by atoms with Crippen LogP contribution >= 0.6 is 0 Å². The monoisotopic (exact) mass is 381 g/mol. The van der Waals surface area contributed by atoms with E-state index >= 15 is 0 Å². The molecule has 1 aliphatic rings. The fraction of sp³-hybridized carbons (Fsp3) is 0.286. The second-order valence-corrected chi connectivity index (χ2v) is 6.40. The second kappa shape index (κ2) is 9.03. The first kappa shape index (κ1) is 19.4. The smallest absolute Gasteiger partial charge is 0.277 e. The Morgan fingerprint density at radius 3 is 2.61 bits per heavy atom. The summed E-state index contributed by atoms with van der Waals surface area (Å²) in [5.41, 5.74) is 4.83. The summed E-state index contributed by atoms with van der Waals surface area (Å²) in [6.45, 7) is 2.39. The summed E-state index contributed by atoms with van der Waals surface area (Å²) in [6, 6.07) is 14.6. The van der Waals surface area contributed by atoms with Gasteiger partial charge in [-0.05, 0) is 55.3 Å². The zero-order valence-corrected chi connectivity index (χ0v) is 16.0. The second-order valence-electron chi connectivity index (χ2n) is 6.40. The number of rotatable bonds is 7. The number of ether oxygens (including phenoxy) is 2. The molecule has 0 spiro atoms. The topological polar surface area (TPSA) is 80.2 Å². The highest BCUT2D eigenvalue weighted by Crippen LogP contribution is 2.22. The molecule has 0 radical (unpaired) electrons. The standard InChI is InChI=1S/C21H23N3O4/c1-15(16-5-3-6-17(13-16)24-12-4-7-21(24)26)22-23-20(25)14-28-19-10-8-18(27-2)9-11-19/h3,5-6,8-11,13H,4,7,12,14H2,1-2H3,(H,23,25)/b22-15-. The largest absolute Gasteiger partial charge is 0.497 e. The molecule has 0 bridgehead atoms. The third-order valence-electron chi connectivity index (χ3n) is 4.43. The molecule has 1 saturated heterocycles. The Kier molecular flexibility index (Phi) is 6.26. The molecular weight excluding hydrogens is 358 g/mol. The minimum absolute atomic E-state index is 0.135. The van der Waals surface area contributed by atoms with Gasteiger partial charge < -0.3 is 14.4 Å². The van der Waals surface area contributed by atoms with E-state index in [0.29, 0.717) is 17.9 Å². The number of hydrogen-bond donors (Lipinski definition) is 1. The molecule has 0 aliphatic carbocycles. The van der Waals surface area contributed by atoms with Gasteiger partial charge in [0.05, 0.1) is 12.8 Å². The van der Waals surface area contributed by atoms with Gasteiger partial charge in [-0.3, -0.25) is 9.59 Å². The van der Waals surface area contributed by atoms with Crippen LogP contribution in [0.25, 0.3) is 0 Å². The van der Waals surface area contributed by atoms with Crippen LogP contribution in [0.3, 0.4) is 0 Å². The van der Waals surface area contributed by atoms with Crippen LogP contribution < -0.4 is 19.8 Å². The van der Waals surface area contributed by atoms with Crippen molar-refractivity contribution < 1.29 is 19.1 Å². The number of benzene rings is 2. The van der Waals surface area contributed by atoms with Crippen molar-refractivity contribution in [3.63, 3.8) is 0 Å². The molecule has 2 aromatic carbocycles. The molecule has 3 rings (SSSR count). The Balaban J connectivity index is 1.56. The average Bonchev–Trinajstić information content (AvgIpc) is 3.16. The number of anilines is 1. The molecule has 146 valence electrons. The molecule has 1 heterocycles. The lowest BCUT2D eigenvalue weighted by Gasteiger charge is -2.16. The number of nitrogens with zero attached hydrogens (tertiary/aromatic N) is 2. The predicted molar refractivity (Wildman–Crippen MR) is 107 cm³/mol. The van der Waals surface area contributed by atoms with Gasteiger partial charge in [0.1, 0.15) is 11.5 Å². The van der Waals surface area contributed by atoms with Crippen molar-refractivity contribution in [1.29, 1.82) is 0 Å². The molecule has 0 aromatic heterocycles. The van der Waals surface area contributed by atoms with Crippen LogP contribution in [0.15, 0.2) is 53.6 Å². The van der Waals surface area contributed by atoms with Crippen molar-refractivity contribution in [2.45, 2.75) is 19.8 Å². The van der Waals surface area contributed by atoms with Gasteiger partial charge in [0, 0.05) is 18.7 Å². The van der Waals surface area contributed by atoms with E-state index in [1.807, 2.05) is 24.3 Å². The fourth-order valence-electron chi connectivity index (χ4n) is 2.88. The molecule has 0 atom stereocenters. The quantitative estimate of drug-likeness (QED) is 0.591. The highest BCUT2D eigenvalue weighted by Gasteiger charge is 2.21. The Morgan fingerprint density at radius 2 is 1.93 bits per heavy atom. The molecule has 2 aromatic rings. The zero-order chi connectivity index (χ0) is 19.9. The maximum Gasteiger partial charge on any atom is 0.277 e. The average molecular weight is 381 g/mol. The lowest BCUT2D eigenvalue weighted by atomic mass is 10.1. The van der Waals surface area contributed by atoms with Crippen molar-refractivity contribution in [2.75, 3.05) is 25.2 Å². The van der Waals surface area contributed by atoms with Crippen molar-refractivity contribution >= 4 is 23.2 Å². The molecule has 28 heavy (non-hydrogen) atoms. The molecule has 0 saturated carbocycles. The molecule has 1 fully saturated rings. The number of nitrogens with one attached hydrogen (secondary N) is 1. The van der Waals surface area contributed by atoms with E-state index in [1.54, 1.807) is 43.2 Å². The lowest BCUT2D eigenvalue weighted by Crippen LogP contribution is -2.26. The highest BCUT2D eigenvalue weighted by molar-refractivity contribution is 6.01. The maximum atomic E-state index is 12.0. The van der Waals surface area contributed by atoms with E-state index in [0.717, 1.165) is 30.0 Å². The number of hydrazone groups is 1. The maximum absolute atomic E-state index is 12.0. The summed E-state index contributed by atoms with van der Waals surface area (Å²) >= 11 is 0. The van der Waals surface area contributed by atoms with Gasteiger partial charge in [0.2, 0.25) is 5.91 Å². The van der Waals surface area contributed by atoms with E-state index < -0.39 is 0 Å². The van der Waals surface area contributed by atoms with E-state index in [1.165, 1.54) is 0 Å². The number of hydrogen-bond acceptors (Lipinski definition) is 5. The first-order valence-corrected chi connectivity index (χ1v) is 9.07. The van der Waals surface area contributed by atoms with Gasteiger partial charge >= 0.3 is 0 Å². The van der Waals surface area contributed by atoms with Crippen molar-refractivity contribution in [1.82, 2.24) is 5.43 Å². The van der Waals surface area contributed by atoms with Crippen LogP contribution in [0.5, 0.6) is 11.5 Å². The van der Waals surface area contributed by atoms with Crippen molar-refractivity contribution in [3.05, 3.63) is 54.1 Å². The van der Waals surface area contributed by atoms with Crippen LogP contribution in [-0.2, 0) is 9.59 Å². The first-order valence-electron chi connectivity index (χ1n) is 9.07. The van der Waals surface area contributed by atoms with E-state index in [-0.39, 0.29) is 18.4 Å². The third-order valence-corrected chi connectivity index (χ3v) is 4.43. The zero-order valence-electron chi connectivity index (χ0n) is 16.0. The number of methoxy groups -OCH3 is 1. The summed E-state index contributed by atoms with van der Waals surface area (Å²) < 4.78 is 10.5. The van der Waals surface area contributed by atoms with Gasteiger partial charge in [-0.25, -0.2) is 5.43 Å². The van der Waals surface area contributed by atoms with E-state index in [4.69, 9.17) is 9.47 Å². The Morgan fingerprint density at radius 1 is 1.18 bits per heavy atom. The van der Waals surface area contributed by atoms with Gasteiger partial charge in [-0.1, -0.05) is 12.1 Å². The van der Waals surface area contributed by atoms with Gasteiger partial charge in [-0.2, -0.15) is 5.10 Å². The first-order chi connectivity index (χ1) is 13.6. The summed E-state index contributed by atoms with van der Waals surface area (Å²) in [7, 11) is 1.59. The minimum Gasteiger partial charge on any atom is -0.497 e.